The molecule has 3 aromatic rings. The van der Waals surface area contributed by atoms with E-state index in [1.807, 2.05) is 54.4 Å². The molecule has 5 heteroatoms. The average Bonchev–Trinajstić information content (AvgIpc) is 2.87. The lowest BCUT2D eigenvalue weighted by molar-refractivity contribution is 0.583. The minimum atomic E-state index is 0.0425. The third kappa shape index (κ3) is 2.35. The fourth-order valence-electron chi connectivity index (χ4n) is 2.76. The molecule has 0 spiro atoms. The van der Waals surface area contributed by atoms with Gasteiger partial charge in [-0.25, -0.2) is 4.98 Å². The van der Waals surface area contributed by atoms with Crippen LogP contribution in [0.2, 0.25) is 0 Å². The van der Waals surface area contributed by atoms with Crippen molar-refractivity contribution in [2.75, 3.05) is 6.26 Å². The van der Waals surface area contributed by atoms with Gasteiger partial charge in [-0.2, -0.15) is 0 Å². The fourth-order valence-corrected chi connectivity index (χ4v) is 3.33. The number of fused-ring (bicyclic) bond motifs is 1. The number of nitrogens with zero attached hydrogens (tertiary/aromatic N) is 3. The Morgan fingerprint density at radius 3 is 2.59 bits per heavy atom. The molecule has 0 aliphatic carbocycles. The quantitative estimate of drug-likeness (QED) is 0.546. The van der Waals surface area contributed by atoms with Gasteiger partial charge in [0, 0.05) is 25.4 Å². The van der Waals surface area contributed by atoms with Crippen molar-refractivity contribution in [3.8, 4) is 11.1 Å². The van der Waals surface area contributed by atoms with Crippen LogP contribution >= 0.6 is 11.8 Å². The summed E-state index contributed by atoms with van der Waals surface area (Å²) in [6, 6.07) is 10.1. The van der Waals surface area contributed by atoms with E-state index in [-0.39, 0.29) is 5.56 Å². The smallest absolute Gasteiger partial charge is 0.278 e. The second kappa shape index (κ2) is 6.01. The second-order valence-corrected chi connectivity index (χ2v) is 6.05. The molecule has 0 saturated carbocycles. The van der Waals surface area contributed by atoms with E-state index in [0.717, 1.165) is 28.2 Å². The van der Waals surface area contributed by atoms with E-state index >= 15 is 0 Å². The molecule has 0 N–H and O–H groups in total. The van der Waals surface area contributed by atoms with Gasteiger partial charge in [-0.1, -0.05) is 49.0 Å². The van der Waals surface area contributed by atoms with Crippen molar-refractivity contribution in [3.63, 3.8) is 0 Å². The number of thioether (sulfide) groups is 1. The highest BCUT2D eigenvalue weighted by Crippen LogP contribution is 2.28. The van der Waals surface area contributed by atoms with Crippen LogP contribution in [0, 0.1) is 0 Å². The summed E-state index contributed by atoms with van der Waals surface area (Å²) in [5, 5.41) is 0.780. The molecule has 22 heavy (non-hydrogen) atoms. The maximum atomic E-state index is 12.9. The predicted molar refractivity (Wildman–Crippen MR) is 92.5 cm³/mol. The Morgan fingerprint density at radius 1 is 1.23 bits per heavy atom. The molecule has 0 amide bonds. The molecule has 3 rings (SSSR count). The van der Waals surface area contributed by atoms with Gasteiger partial charge in [0.15, 0.2) is 5.16 Å². The van der Waals surface area contributed by atoms with Crippen molar-refractivity contribution in [1.82, 2.24) is 14.1 Å². The molecule has 0 unspecified atom stereocenters. The Balaban J connectivity index is 2.35. The second-order valence-electron chi connectivity index (χ2n) is 5.27. The van der Waals surface area contributed by atoms with Crippen molar-refractivity contribution in [1.29, 1.82) is 0 Å². The first-order chi connectivity index (χ1) is 10.7. The normalized spacial score (nSPS) is 11.2. The fraction of sp³-hybridized carbons (Fsp3) is 0.294. The Kier molecular flexibility index (Phi) is 4.07. The largest absolute Gasteiger partial charge is 0.344 e. The number of benzene rings is 1. The first kappa shape index (κ1) is 14.9. The van der Waals surface area contributed by atoms with Crippen molar-refractivity contribution in [2.45, 2.75) is 25.0 Å². The third-order valence-corrected chi connectivity index (χ3v) is 4.43. The molecule has 1 aromatic carbocycles. The van der Waals surface area contributed by atoms with Crippen LogP contribution in [0.4, 0.5) is 0 Å². The molecule has 0 fully saturated rings. The van der Waals surface area contributed by atoms with Crippen LogP contribution in [0.1, 0.15) is 13.3 Å². The molecular formula is C17H19N3OS. The van der Waals surface area contributed by atoms with Gasteiger partial charge in [0.2, 0.25) is 0 Å². The molecule has 0 radical (unpaired) electrons. The molecule has 0 aliphatic rings. The summed E-state index contributed by atoms with van der Waals surface area (Å²) in [7, 11) is 1.91. The van der Waals surface area contributed by atoms with Gasteiger partial charge in [-0.3, -0.25) is 9.36 Å². The first-order valence-corrected chi connectivity index (χ1v) is 8.59. The third-order valence-electron chi connectivity index (χ3n) is 3.76. The minimum absolute atomic E-state index is 0.0425. The summed E-state index contributed by atoms with van der Waals surface area (Å²) in [6.07, 6.45) is 4.87. The standard InChI is InChI=1S/C17H19N3OS/c1-4-10-20-16(21)15-14(18-17(20)22-3)13(11-19(15)2)12-8-6-5-7-9-12/h5-9,11H,4,10H2,1-3H3. The summed E-state index contributed by atoms with van der Waals surface area (Å²) < 4.78 is 3.67. The monoisotopic (exact) mass is 313 g/mol. The number of aryl methyl sites for hydroxylation is 1. The van der Waals surface area contributed by atoms with Crippen LogP contribution < -0.4 is 5.56 Å². The molecule has 0 saturated heterocycles. The SMILES string of the molecule is CCCn1c(SC)nc2c(-c3ccccc3)cn(C)c2c1=O. The van der Waals surface area contributed by atoms with Crippen LogP contribution in [-0.2, 0) is 13.6 Å². The zero-order valence-electron chi connectivity index (χ0n) is 13.0. The summed E-state index contributed by atoms with van der Waals surface area (Å²) >= 11 is 1.52. The number of rotatable bonds is 4. The number of aromatic nitrogens is 3. The molecular weight excluding hydrogens is 294 g/mol. The molecule has 0 atom stereocenters. The van der Waals surface area contributed by atoms with E-state index in [0.29, 0.717) is 12.1 Å². The Bertz CT molecular complexity index is 865. The Hall–Kier alpha value is -2.01. The van der Waals surface area contributed by atoms with Crippen LogP contribution in [-0.4, -0.2) is 20.4 Å². The zero-order valence-corrected chi connectivity index (χ0v) is 13.9. The molecule has 2 aromatic heterocycles. The van der Waals surface area contributed by atoms with Gasteiger partial charge in [0.05, 0.1) is 0 Å². The van der Waals surface area contributed by atoms with Crippen molar-refractivity contribution in [2.24, 2.45) is 7.05 Å². The lowest BCUT2D eigenvalue weighted by Crippen LogP contribution is -2.24. The van der Waals surface area contributed by atoms with Gasteiger partial charge in [0.25, 0.3) is 5.56 Å². The van der Waals surface area contributed by atoms with E-state index in [9.17, 15) is 4.79 Å². The Morgan fingerprint density at radius 2 is 1.95 bits per heavy atom. The lowest BCUT2D eigenvalue weighted by Gasteiger charge is -2.10. The van der Waals surface area contributed by atoms with E-state index in [1.54, 1.807) is 4.57 Å². The van der Waals surface area contributed by atoms with Crippen LogP contribution in [0.3, 0.4) is 0 Å². The topological polar surface area (TPSA) is 39.8 Å². The first-order valence-electron chi connectivity index (χ1n) is 7.36. The van der Waals surface area contributed by atoms with Gasteiger partial charge in [-0.15, -0.1) is 0 Å². The predicted octanol–water partition coefficient (Wildman–Crippen LogP) is 3.53. The van der Waals surface area contributed by atoms with E-state index < -0.39 is 0 Å². The summed E-state index contributed by atoms with van der Waals surface area (Å²) in [5.41, 5.74) is 3.59. The van der Waals surface area contributed by atoms with Crippen LogP contribution in [0.5, 0.6) is 0 Å². The summed E-state index contributed by atoms with van der Waals surface area (Å²) in [4.78, 5) is 17.6. The number of hydrogen-bond acceptors (Lipinski definition) is 3. The molecule has 0 aliphatic heterocycles. The van der Waals surface area contributed by atoms with Gasteiger partial charge in [-0.05, 0) is 18.2 Å². The van der Waals surface area contributed by atoms with Crippen molar-refractivity contribution < 1.29 is 0 Å². The van der Waals surface area contributed by atoms with E-state index in [4.69, 9.17) is 4.98 Å². The lowest BCUT2D eigenvalue weighted by atomic mass is 10.1. The highest BCUT2D eigenvalue weighted by atomic mass is 32.2. The highest BCUT2D eigenvalue weighted by molar-refractivity contribution is 7.98. The van der Waals surface area contributed by atoms with Crippen molar-refractivity contribution in [3.05, 3.63) is 46.9 Å². The van der Waals surface area contributed by atoms with Gasteiger partial charge >= 0.3 is 0 Å². The van der Waals surface area contributed by atoms with Gasteiger partial charge in [0.1, 0.15) is 11.0 Å². The van der Waals surface area contributed by atoms with Crippen LogP contribution in [0.25, 0.3) is 22.2 Å². The highest BCUT2D eigenvalue weighted by Gasteiger charge is 2.17. The summed E-state index contributed by atoms with van der Waals surface area (Å²) in [5.74, 6) is 0. The zero-order chi connectivity index (χ0) is 15.7. The maximum Gasteiger partial charge on any atom is 0.278 e. The minimum Gasteiger partial charge on any atom is -0.344 e. The molecule has 114 valence electrons. The summed E-state index contributed by atoms with van der Waals surface area (Å²) in [6.45, 7) is 2.77. The van der Waals surface area contributed by atoms with Gasteiger partial charge < -0.3 is 4.57 Å². The maximum absolute atomic E-state index is 12.9. The van der Waals surface area contributed by atoms with E-state index in [2.05, 4.69) is 6.92 Å². The van der Waals surface area contributed by atoms with Crippen LogP contribution in [0.15, 0.2) is 46.5 Å². The molecule has 4 nitrogen and oxygen atoms in total. The molecule has 0 bridgehead atoms. The Labute approximate surface area is 133 Å². The van der Waals surface area contributed by atoms with E-state index in [1.165, 1.54) is 11.8 Å². The van der Waals surface area contributed by atoms with Crippen molar-refractivity contribution >= 4 is 22.8 Å². The average molecular weight is 313 g/mol. The molecule has 2 heterocycles. The number of hydrogen-bond donors (Lipinski definition) is 0.